The lowest BCUT2D eigenvalue weighted by Crippen LogP contribution is -2.31. The second kappa shape index (κ2) is 11.5. The second-order valence-corrected chi connectivity index (χ2v) is 7.92. The number of hydrogen-bond acceptors (Lipinski definition) is 6. The predicted molar refractivity (Wildman–Crippen MR) is 122 cm³/mol. The van der Waals surface area contributed by atoms with E-state index in [-0.39, 0.29) is 23.6 Å². The maximum absolute atomic E-state index is 13.2. The number of para-hydroxylation sites is 1. The summed E-state index contributed by atoms with van der Waals surface area (Å²) >= 11 is 1.60. The molecule has 1 amide bonds. The minimum absolute atomic E-state index is 0.000587. The van der Waals surface area contributed by atoms with Crippen molar-refractivity contribution in [2.45, 2.75) is 26.7 Å². The monoisotopic (exact) mass is 477 g/mol. The fourth-order valence-electron chi connectivity index (χ4n) is 3.25. The number of rotatable bonds is 11. The summed E-state index contributed by atoms with van der Waals surface area (Å²) in [5, 5.41) is 1.98. The molecular formula is C24H25F2NO5S. The quantitative estimate of drug-likeness (QED) is 0.359. The zero-order valence-corrected chi connectivity index (χ0v) is 19.4. The first-order valence-electron chi connectivity index (χ1n) is 10.2. The van der Waals surface area contributed by atoms with Crippen LogP contribution in [0.15, 0.2) is 53.9 Å². The number of halogens is 2. The smallest absolute Gasteiger partial charge is 0.387 e. The number of hydrogen-bond donors (Lipinski definition) is 0. The molecule has 0 atom stereocenters. The molecule has 0 N–H and O–H groups in total. The van der Waals surface area contributed by atoms with E-state index in [4.69, 9.17) is 14.2 Å². The molecule has 9 heteroatoms. The molecule has 0 aliphatic carbocycles. The number of benzene rings is 2. The molecule has 33 heavy (non-hydrogen) atoms. The fourth-order valence-corrected chi connectivity index (χ4v) is 3.86. The van der Waals surface area contributed by atoms with Gasteiger partial charge in [-0.25, -0.2) is 0 Å². The zero-order valence-electron chi connectivity index (χ0n) is 18.5. The van der Waals surface area contributed by atoms with Gasteiger partial charge in [0, 0.05) is 18.0 Å². The highest BCUT2D eigenvalue weighted by Crippen LogP contribution is 2.34. The minimum atomic E-state index is -3.09. The molecule has 0 fully saturated rings. The Kier molecular flexibility index (Phi) is 8.48. The summed E-state index contributed by atoms with van der Waals surface area (Å²) in [5.41, 5.74) is 0.795. The molecule has 0 aliphatic rings. The van der Waals surface area contributed by atoms with Crippen molar-refractivity contribution in [1.29, 1.82) is 0 Å². The summed E-state index contributed by atoms with van der Waals surface area (Å²) in [5.74, 6) is 0.448. The maximum Gasteiger partial charge on any atom is 0.387 e. The Labute approximate surface area is 195 Å². The summed E-state index contributed by atoms with van der Waals surface area (Å²) in [6.45, 7) is -0.267. The highest BCUT2D eigenvalue weighted by atomic mass is 32.1. The van der Waals surface area contributed by atoms with Gasteiger partial charge in [0.1, 0.15) is 6.61 Å². The summed E-state index contributed by atoms with van der Waals surface area (Å²) in [6, 6.07) is 13.8. The predicted octanol–water partition coefficient (Wildman–Crippen LogP) is 5.61. The zero-order chi connectivity index (χ0) is 23.8. The average Bonchev–Trinajstić information content (AvgIpc) is 3.34. The Morgan fingerprint density at radius 1 is 1.03 bits per heavy atom. The first-order chi connectivity index (χ1) is 16.0. The SMILES string of the molecule is CCN(Cc1ccc(OCc2cccs2)c(OC)c1)C(=O)c1cccc(OC)c1OC(F)F. The van der Waals surface area contributed by atoms with Crippen LogP contribution in [0.3, 0.4) is 0 Å². The van der Waals surface area contributed by atoms with Gasteiger partial charge in [-0.2, -0.15) is 8.78 Å². The van der Waals surface area contributed by atoms with E-state index < -0.39 is 12.5 Å². The van der Waals surface area contributed by atoms with Gasteiger partial charge >= 0.3 is 6.61 Å². The van der Waals surface area contributed by atoms with Crippen molar-refractivity contribution >= 4 is 17.2 Å². The van der Waals surface area contributed by atoms with Crippen molar-refractivity contribution < 1.29 is 32.5 Å². The van der Waals surface area contributed by atoms with Gasteiger partial charge in [-0.1, -0.05) is 18.2 Å². The Morgan fingerprint density at radius 3 is 2.45 bits per heavy atom. The van der Waals surface area contributed by atoms with Crippen LogP contribution in [0.1, 0.15) is 27.7 Å². The molecule has 1 aromatic heterocycles. The highest BCUT2D eigenvalue weighted by molar-refractivity contribution is 7.09. The van der Waals surface area contributed by atoms with Crippen LogP contribution in [0.4, 0.5) is 8.78 Å². The Bertz CT molecular complexity index is 1060. The summed E-state index contributed by atoms with van der Waals surface area (Å²) in [4.78, 5) is 15.8. The lowest BCUT2D eigenvalue weighted by molar-refractivity contribution is -0.0516. The van der Waals surface area contributed by atoms with E-state index in [1.54, 1.807) is 43.6 Å². The van der Waals surface area contributed by atoms with E-state index in [0.29, 0.717) is 24.7 Å². The number of thiophene rings is 1. The molecule has 176 valence electrons. The number of amides is 1. The molecule has 3 aromatic rings. The largest absolute Gasteiger partial charge is 0.493 e. The molecule has 0 unspecified atom stereocenters. The van der Waals surface area contributed by atoms with E-state index in [9.17, 15) is 13.6 Å². The topological polar surface area (TPSA) is 57.2 Å². The average molecular weight is 478 g/mol. The molecule has 0 bridgehead atoms. The molecule has 0 radical (unpaired) electrons. The lowest BCUT2D eigenvalue weighted by atomic mass is 10.1. The van der Waals surface area contributed by atoms with Gasteiger partial charge in [0.25, 0.3) is 5.91 Å². The van der Waals surface area contributed by atoms with Crippen LogP contribution in [0, 0.1) is 0 Å². The van der Waals surface area contributed by atoms with Crippen LogP contribution < -0.4 is 18.9 Å². The first-order valence-corrected chi connectivity index (χ1v) is 11.1. The molecule has 1 heterocycles. The van der Waals surface area contributed by atoms with E-state index >= 15 is 0 Å². The third kappa shape index (κ3) is 6.13. The fraction of sp³-hybridized carbons (Fsp3) is 0.292. The van der Waals surface area contributed by atoms with Crippen LogP contribution in [-0.2, 0) is 13.2 Å². The van der Waals surface area contributed by atoms with Gasteiger partial charge < -0.3 is 23.8 Å². The lowest BCUT2D eigenvalue weighted by Gasteiger charge is -2.23. The number of alkyl halides is 2. The Balaban J connectivity index is 1.79. The van der Waals surface area contributed by atoms with E-state index in [2.05, 4.69) is 4.74 Å². The van der Waals surface area contributed by atoms with Gasteiger partial charge in [0.2, 0.25) is 0 Å². The van der Waals surface area contributed by atoms with Crippen molar-refractivity contribution in [3.8, 4) is 23.0 Å². The van der Waals surface area contributed by atoms with Gasteiger partial charge in [0.15, 0.2) is 23.0 Å². The van der Waals surface area contributed by atoms with Crippen molar-refractivity contribution in [1.82, 2.24) is 4.90 Å². The first kappa shape index (κ1) is 24.3. The second-order valence-electron chi connectivity index (χ2n) is 6.89. The van der Waals surface area contributed by atoms with Crippen LogP contribution in [0.2, 0.25) is 0 Å². The number of nitrogens with zero attached hydrogens (tertiary/aromatic N) is 1. The molecule has 2 aromatic carbocycles. The molecule has 3 rings (SSSR count). The van der Waals surface area contributed by atoms with Crippen molar-refractivity contribution in [2.75, 3.05) is 20.8 Å². The van der Waals surface area contributed by atoms with Gasteiger partial charge in [-0.15, -0.1) is 11.3 Å². The van der Waals surface area contributed by atoms with Crippen LogP contribution in [0.25, 0.3) is 0 Å². The van der Waals surface area contributed by atoms with Crippen molar-refractivity contribution in [2.24, 2.45) is 0 Å². The van der Waals surface area contributed by atoms with Crippen LogP contribution in [0.5, 0.6) is 23.0 Å². The molecule has 0 saturated carbocycles. The number of methoxy groups -OCH3 is 2. The molecule has 6 nitrogen and oxygen atoms in total. The summed E-state index contributed by atoms with van der Waals surface area (Å²) < 4.78 is 46.9. The van der Waals surface area contributed by atoms with E-state index in [1.165, 1.54) is 24.1 Å². The molecular weight excluding hydrogens is 452 g/mol. The highest BCUT2D eigenvalue weighted by Gasteiger charge is 2.24. The van der Waals surface area contributed by atoms with Gasteiger partial charge in [-0.05, 0) is 48.2 Å². The number of carbonyl (C=O) groups is 1. The van der Waals surface area contributed by atoms with E-state index in [0.717, 1.165) is 10.4 Å². The third-order valence-corrected chi connectivity index (χ3v) is 5.71. The van der Waals surface area contributed by atoms with Crippen LogP contribution >= 0.6 is 11.3 Å². The van der Waals surface area contributed by atoms with Crippen molar-refractivity contribution in [3.63, 3.8) is 0 Å². The van der Waals surface area contributed by atoms with Gasteiger partial charge in [-0.3, -0.25) is 4.79 Å². The standard InChI is InChI=1S/C24H25F2NO5S/c1-4-27(23(28)18-8-5-9-20(29-2)22(18)32-24(25)26)14-16-10-11-19(21(13-16)30-3)31-15-17-7-6-12-33-17/h5-13,24H,4,14-15H2,1-3H3. The molecule has 0 saturated heterocycles. The Hall–Kier alpha value is -3.33. The number of carbonyl (C=O) groups excluding carboxylic acids is 1. The minimum Gasteiger partial charge on any atom is -0.493 e. The molecule has 0 spiro atoms. The summed E-state index contributed by atoms with van der Waals surface area (Å²) in [7, 11) is 2.87. The van der Waals surface area contributed by atoms with Crippen molar-refractivity contribution in [3.05, 3.63) is 69.9 Å². The molecule has 0 aliphatic heterocycles. The summed E-state index contributed by atoms with van der Waals surface area (Å²) in [6.07, 6.45) is 0. The van der Waals surface area contributed by atoms with Crippen LogP contribution in [-0.4, -0.2) is 38.2 Å². The van der Waals surface area contributed by atoms with Gasteiger partial charge in [0.05, 0.1) is 19.8 Å². The maximum atomic E-state index is 13.2. The normalized spacial score (nSPS) is 10.7. The Morgan fingerprint density at radius 2 is 1.82 bits per heavy atom. The van der Waals surface area contributed by atoms with E-state index in [1.807, 2.05) is 23.6 Å². The number of ether oxygens (including phenoxy) is 4. The third-order valence-electron chi connectivity index (χ3n) is 4.86.